The van der Waals surface area contributed by atoms with Gasteiger partial charge in [0.1, 0.15) is 0 Å². The molecule has 2 rings (SSSR count). The molecule has 0 amide bonds. The van der Waals surface area contributed by atoms with E-state index < -0.39 is 0 Å². The van der Waals surface area contributed by atoms with Gasteiger partial charge in [0, 0.05) is 12.7 Å². The predicted octanol–water partition coefficient (Wildman–Crippen LogP) is 2.35. The van der Waals surface area contributed by atoms with Crippen LogP contribution in [-0.4, -0.2) is 9.78 Å². The average molecular weight is 193 g/mol. The van der Waals surface area contributed by atoms with Crippen LogP contribution in [0.2, 0.25) is 0 Å². The summed E-state index contributed by atoms with van der Waals surface area (Å²) in [5, 5.41) is 4.34. The Morgan fingerprint density at radius 2 is 2.29 bits per heavy atom. The van der Waals surface area contributed by atoms with Crippen LogP contribution in [0.5, 0.6) is 0 Å². The Bertz CT molecular complexity index is 304. The third-order valence-corrected chi connectivity index (χ3v) is 3.26. The van der Waals surface area contributed by atoms with E-state index >= 15 is 0 Å². The predicted molar refractivity (Wildman–Crippen MR) is 58.0 cm³/mol. The molecule has 0 unspecified atom stereocenters. The summed E-state index contributed by atoms with van der Waals surface area (Å²) >= 11 is 0. The summed E-state index contributed by atoms with van der Waals surface area (Å²) in [6.45, 7) is 5.33. The highest BCUT2D eigenvalue weighted by Crippen LogP contribution is 2.48. The highest BCUT2D eigenvalue weighted by molar-refractivity contribution is 5.39. The fraction of sp³-hybridized carbons (Fsp3) is 0.727. The molecular formula is C11H19N3. The zero-order valence-corrected chi connectivity index (χ0v) is 9.08. The minimum atomic E-state index is 0.660. The average Bonchev–Trinajstić information content (AvgIpc) is 2.75. The number of nitrogen functional groups attached to an aromatic ring is 1. The van der Waals surface area contributed by atoms with Gasteiger partial charge < -0.3 is 5.73 Å². The Balaban J connectivity index is 1.80. The summed E-state index contributed by atoms with van der Waals surface area (Å²) in [6, 6.07) is 0. The first-order valence-corrected chi connectivity index (χ1v) is 5.39. The summed E-state index contributed by atoms with van der Waals surface area (Å²) in [7, 11) is 0. The number of nitrogens with two attached hydrogens (primary N) is 1. The largest absolute Gasteiger partial charge is 0.396 e. The Morgan fingerprint density at radius 1 is 1.57 bits per heavy atom. The molecule has 3 heteroatoms. The summed E-state index contributed by atoms with van der Waals surface area (Å²) < 4.78 is 1.97. The van der Waals surface area contributed by atoms with Gasteiger partial charge in [0.2, 0.25) is 0 Å². The van der Waals surface area contributed by atoms with E-state index in [2.05, 4.69) is 12.0 Å². The van der Waals surface area contributed by atoms with Crippen LogP contribution in [0.15, 0.2) is 6.20 Å². The van der Waals surface area contributed by atoms with E-state index in [0.29, 0.717) is 5.41 Å². The van der Waals surface area contributed by atoms with E-state index in [9.17, 15) is 0 Å². The monoisotopic (exact) mass is 193 g/mol. The van der Waals surface area contributed by atoms with Crippen LogP contribution < -0.4 is 5.73 Å². The summed E-state index contributed by atoms with van der Waals surface area (Å²) in [4.78, 5) is 0. The highest BCUT2D eigenvalue weighted by Gasteiger charge is 2.36. The normalized spacial score (nSPS) is 18.4. The summed E-state index contributed by atoms with van der Waals surface area (Å²) in [5.41, 5.74) is 8.14. The van der Waals surface area contributed by atoms with Crippen LogP contribution in [0.3, 0.4) is 0 Å². The zero-order chi connectivity index (χ0) is 10.2. The van der Waals surface area contributed by atoms with Crippen molar-refractivity contribution in [2.24, 2.45) is 5.41 Å². The van der Waals surface area contributed by atoms with Gasteiger partial charge in [0.25, 0.3) is 0 Å². The number of hydrogen-bond donors (Lipinski definition) is 1. The molecule has 0 aromatic carbocycles. The van der Waals surface area contributed by atoms with Gasteiger partial charge in [-0.3, -0.25) is 4.68 Å². The molecule has 1 aromatic heterocycles. The molecule has 1 heterocycles. The molecule has 3 nitrogen and oxygen atoms in total. The SMILES string of the molecule is Cc1nn(CCCC2(C)CC2)cc1N. The fourth-order valence-corrected chi connectivity index (χ4v) is 1.78. The minimum Gasteiger partial charge on any atom is -0.396 e. The molecule has 0 bridgehead atoms. The maximum atomic E-state index is 5.73. The third kappa shape index (κ3) is 2.08. The Kier molecular flexibility index (Phi) is 2.25. The molecule has 1 aliphatic carbocycles. The molecule has 1 aromatic rings. The molecule has 14 heavy (non-hydrogen) atoms. The van der Waals surface area contributed by atoms with Gasteiger partial charge >= 0.3 is 0 Å². The van der Waals surface area contributed by atoms with Gasteiger partial charge in [0.15, 0.2) is 0 Å². The lowest BCUT2D eigenvalue weighted by Crippen LogP contribution is -2.02. The lowest BCUT2D eigenvalue weighted by molar-refractivity contribution is 0.450. The molecule has 1 fully saturated rings. The van der Waals surface area contributed by atoms with Crippen molar-refractivity contribution in [3.63, 3.8) is 0 Å². The first-order valence-electron chi connectivity index (χ1n) is 5.39. The van der Waals surface area contributed by atoms with Gasteiger partial charge in [0.05, 0.1) is 11.4 Å². The molecule has 1 saturated carbocycles. The maximum absolute atomic E-state index is 5.73. The van der Waals surface area contributed by atoms with Crippen molar-refractivity contribution < 1.29 is 0 Å². The molecule has 0 saturated heterocycles. The van der Waals surface area contributed by atoms with Crippen molar-refractivity contribution in [2.45, 2.75) is 46.1 Å². The molecule has 0 atom stereocenters. The van der Waals surface area contributed by atoms with Gasteiger partial charge in [-0.05, 0) is 38.0 Å². The minimum absolute atomic E-state index is 0.660. The van der Waals surface area contributed by atoms with Crippen LogP contribution in [0, 0.1) is 12.3 Å². The van der Waals surface area contributed by atoms with Crippen molar-refractivity contribution in [3.05, 3.63) is 11.9 Å². The van der Waals surface area contributed by atoms with Crippen molar-refractivity contribution in [1.82, 2.24) is 9.78 Å². The molecule has 0 radical (unpaired) electrons. The van der Waals surface area contributed by atoms with Gasteiger partial charge in [-0.15, -0.1) is 0 Å². The van der Waals surface area contributed by atoms with Gasteiger partial charge in [-0.1, -0.05) is 6.92 Å². The first kappa shape index (κ1) is 9.56. The maximum Gasteiger partial charge on any atom is 0.0822 e. The van der Waals surface area contributed by atoms with E-state index in [1.54, 1.807) is 0 Å². The number of aryl methyl sites for hydroxylation is 2. The van der Waals surface area contributed by atoms with Crippen molar-refractivity contribution in [1.29, 1.82) is 0 Å². The molecular weight excluding hydrogens is 174 g/mol. The summed E-state index contributed by atoms with van der Waals surface area (Å²) in [6.07, 6.45) is 7.30. The van der Waals surface area contributed by atoms with Crippen molar-refractivity contribution in [2.75, 3.05) is 5.73 Å². The first-order chi connectivity index (χ1) is 6.59. The third-order valence-electron chi connectivity index (χ3n) is 3.26. The van der Waals surface area contributed by atoms with Crippen LogP contribution in [0.4, 0.5) is 5.69 Å². The van der Waals surface area contributed by atoms with E-state index in [1.165, 1.54) is 25.7 Å². The Labute approximate surface area is 85.3 Å². The van der Waals surface area contributed by atoms with Gasteiger partial charge in [-0.25, -0.2) is 0 Å². The van der Waals surface area contributed by atoms with Gasteiger partial charge in [-0.2, -0.15) is 5.10 Å². The van der Waals surface area contributed by atoms with E-state index in [4.69, 9.17) is 5.73 Å². The van der Waals surface area contributed by atoms with Crippen LogP contribution in [0.1, 0.15) is 38.3 Å². The lowest BCUT2D eigenvalue weighted by atomic mass is 10.0. The van der Waals surface area contributed by atoms with Crippen molar-refractivity contribution in [3.8, 4) is 0 Å². The second-order valence-electron chi connectivity index (χ2n) is 4.85. The van der Waals surface area contributed by atoms with E-state index in [1.807, 2.05) is 17.8 Å². The standard InChI is InChI=1S/C11H19N3/c1-9-10(12)8-14(13-9)7-3-4-11(2)5-6-11/h8H,3-7,12H2,1-2H3. The molecule has 1 aliphatic rings. The van der Waals surface area contributed by atoms with E-state index in [0.717, 1.165) is 17.9 Å². The molecule has 0 aliphatic heterocycles. The number of nitrogens with zero attached hydrogens (tertiary/aromatic N) is 2. The van der Waals surface area contributed by atoms with Crippen molar-refractivity contribution >= 4 is 5.69 Å². The fourth-order valence-electron chi connectivity index (χ4n) is 1.78. The zero-order valence-electron chi connectivity index (χ0n) is 9.08. The number of aromatic nitrogens is 2. The number of hydrogen-bond acceptors (Lipinski definition) is 2. The van der Waals surface area contributed by atoms with Crippen LogP contribution in [0.25, 0.3) is 0 Å². The topological polar surface area (TPSA) is 43.8 Å². The Morgan fingerprint density at radius 3 is 2.79 bits per heavy atom. The van der Waals surface area contributed by atoms with E-state index in [-0.39, 0.29) is 0 Å². The quantitative estimate of drug-likeness (QED) is 0.797. The molecule has 2 N–H and O–H groups in total. The molecule has 0 spiro atoms. The second-order valence-corrected chi connectivity index (χ2v) is 4.85. The Hall–Kier alpha value is -0.990. The number of rotatable bonds is 4. The summed E-state index contributed by atoms with van der Waals surface area (Å²) in [5.74, 6) is 0. The molecule has 78 valence electrons. The second kappa shape index (κ2) is 3.30. The van der Waals surface area contributed by atoms with Crippen LogP contribution in [-0.2, 0) is 6.54 Å². The smallest absolute Gasteiger partial charge is 0.0822 e. The lowest BCUT2D eigenvalue weighted by Gasteiger charge is -2.06. The van der Waals surface area contributed by atoms with Crippen LogP contribution >= 0.6 is 0 Å². The highest BCUT2D eigenvalue weighted by atomic mass is 15.3. The number of anilines is 1.